The van der Waals surface area contributed by atoms with Gasteiger partial charge in [0.2, 0.25) is 11.6 Å². The molecule has 2 rings (SSSR count). The normalized spacial score (nSPS) is 12.5. The summed E-state index contributed by atoms with van der Waals surface area (Å²) in [5.41, 5.74) is 0. The fraction of sp³-hybridized carbons (Fsp3) is 0. The Morgan fingerprint density at radius 1 is 0.321 bits per heavy atom. The highest BCUT2D eigenvalue weighted by Gasteiger charge is 2.47. The van der Waals surface area contributed by atoms with Crippen LogP contribution in [-0.2, 0) is 17.7 Å². The number of benzene rings is 2. The van der Waals surface area contributed by atoms with E-state index in [0.717, 1.165) is 0 Å². The highest BCUT2D eigenvalue weighted by molar-refractivity contribution is 8.67. The molecule has 0 saturated carbocycles. The van der Waals surface area contributed by atoms with E-state index in [9.17, 15) is 60.7 Å². The third kappa shape index (κ3) is 2.73. The molecule has 0 aliphatic rings. The van der Waals surface area contributed by atoms with Crippen molar-refractivity contribution in [3.8, 4) is 0 Å². The molecule has 0 spiro atoms. The van der Waals surface area contributed by atoms with Gasteiger partial charge in [0.05, 0.1) is 0 Å². The first-order valence-corrected chi connectivity index (χ1v) is 9.61. The molecule has 0 radical (unpaired) electrons. The molecule has 2 aromatic carbocycles. The summed E-state index contributed by atoms with van der Waals surface area (Å²) >= 11 is 0. The van der Waals surface area contributed by atoms with Crippen molar-refractivity contribution in [2.24, 2.45) is 0 Å². The Balaban J connectivity index is 3.02. The van der Waals surface area contributed by atoms with Gasteiger partial charge in [-0.3, -0.25) is 0 Å². The van der Waals surface area contributed by atoms with Gasteiger partial charge >= 0.3 is 0 Å². The van der Waals surface area contributed by atoms with Crippen LogP contribution in [-0.4, -0.2) is 16.8 Å². The number of hydrogen-bond acceptors (Lipinski definition) is 4. The highest BCUT2D eigenvalue weighted by atomic mass is 33.2. The predicted molar refractivity (Wildman–Crippen MR) is 66.8 cm³/mol. The van der Waals surface area contributed by atoms with Crippen molar-refractivity contribution in [1.29, 1.82) is 0 Å². The summed E-state index contributed by atoms with van der Waals surface area (Å²) in [7, 11) is -13.9. The average Bonchev–Trinajstić information content (AvgIpc) is 2.61. The second kappa shape index (κ2) is 6.61. The van der Waals surface area contributed by atoms with Crippen molar-refractivity contribution in [3.05, 3.63) is 58.2 Å². The molecule has 2 aromatic rings. The van der Waals surface area contributed by atoms with E-state index in [1.165, 1.54) is 0 Å². The summed E-state index contributed by atoms with van der Waals surface area (Å²) in [5, 5.41) is 0. The first-order valence-electron chi connectivity index (χ1n) is 6.13. The molecule has 0 N–H and O–H groups in total. The van der Waals surface area contributed by atoms with Crippen molar-refractivity contribution in [3.63, 3.8) is 0 Å². The van der Waals surface area contributed by atoms with Crippen LogP contribution in [0.15, 0.2) is 9.79 Å². The maximum absolute atomic E-state index is 13.6. The van der Waals surface area contributed by atoms with E-state index in [1.54, 1.807) is 0 Å². The Morgan fingerprint density at radius 3 is 0.643 bits per heavy atom. The van der Waals surface area contributed by atoms with Crippen molar-refractivity contribution >= 4 is 17.7 Å². The van der Waals surface area contributed by atoms with Gasteiger partial charge in [0.15, 0.2) is 56.3 Å². The molecule has 0 heterocycles. The molecule has 0 aliphatic carbocycles. The van der Waals surface area contributed by atoms with Crippen molar-refractivity contribution < 1.29 is 60.7 Å². The average molecular weight is 462 g/mol. The van der Waals surface area contributed by atoms with E-state index in [4.69, 9.17) is 0 Å². The molecule has 0 aromatic heterocycles. The summed E-state index contributed by atoms with van der Waals surface area (Å²) in [6.07, 6.45) is 0. The summed E-state index contributed by atoms with van der Waals surface area (Å²) in [6.45, 7) is 0. The van der Waals surface area contributed by atoms with Gasteiger partial charge in [-0.2, -0.15) is 0 Å². The molecule has 0 atom stereocenters. The minimum absolute atomic E-state index is 2.91. The van der Waals surface area contributed by atoms with Gasteiger partial charge in [0.25, 0.3) is 17.7 Å². The molecule has 0 unspecified atom stereocenters. The maximum atomic E-state index is 13.6. The van der Waals surface area contributed by atoms with Crippen molar-refractivity contribution in [2.45, 2.75) is 9.79 Å². The SMILES string of the molecule is O=S(=O)(c1c(F)c(F)c(F)c(F)c1F)S(=O)(=O)c1c(F)c(F)c(F)c(F)c1F. The molecule has 0 fully saturated rings. The van der Waals surface area contributed by atoms with Gasteiger partial charge in [-0.25, -0.2) is 60.7 Å². The molecule has 28 heavy (non-hydrogen) atoms. The van der Waals surface area contributed by atoms with Crippen molar-refractivity contribution in [2.75, 3.05) is 0 Å². The Hall–Kier alpha value is -2.36. The van der Waals surface area contributed by atoms with Gasteiger partial charge in [-0.05, 0) is 0 Å². The summed E-state index contributed by atoms with van der Waals surface area (Å²) in [5.74, 6) is -30.6. The van der Waals surface area contributed by atoms with Crippen LogP contribution in [0, 0.1) is 58.2 Å². The topological polar surface area (TPSA) is 68.3 Å². The lowest BCUT2D eigenvalue weighted by Gasteiger charge is -2.12. The Labute approximate surface area is 147 Å². The molecule has 0 saturated heterocycles. The van der Waals surface area contributed by atoms with Gasteiger partial charge < -0.3 is 0 Å². The lowest BCUT2D eigenvalue weighted by molar-refractivity contribution is 0.356. The van der Waals surface area contributed by atoms with Crippen LogP contribution in [0.3, 0.4) is 0 Å². The van der Waals surface area contributed by atoms with Crippen LogP contribution < -0.4 is 0 Å². The first-order chi connectivity index (χ1) is 12.6. The molecular formula is C12F10O4S2. The number of hydrogen-bond donors (Lipinski definition) is 0. The Morgan fingerprint density at radius 2 is 0.464 bits per heavy atom. The fourth-order valence-corrected chi connectivity index (χ4v) is 5.70. The second-order valence-electron chi connectivity index (χ2n) is 4.71. The van der Waals surface area contributed by atoms with Crippen LogP contribution in [0.2, 0.25) is 0 Å². The van der Waals surface area contributed by atoms with Gasteiger partial charge in [0.1, 0.15) is 0 Å². The summed E-state index contributed by atoms with van der Waals surface area (Å²) < 4.78 is 181. The Kier molecular flexibility index (Phi) is 5.18. The van der Waals surface area contributed by atoms with Gasteiger partial charge in [0, 0.05) is 0 Å². The van der Waals surface area contributed by atoms with E-state index in [2.05, 4.69) is 0 Å². The minimum atomic E-state index is -6.97. The molecule has 0 aliphatic heterocycles. The maximum Gasteiger partial charge on any atom is 0.292 e. The molecule has 16 heteroatoms. The minimum Gasteiger partial charge on any atom is -0.207 e. The van der Waals surface area contributed by atoms with Crippen LogP contribution in [0.1, 0.15) is 0 Å². The van der Waals surface area contributed by atoms with Gasteiger partial charge in [-0.1, -0.05) is 0 Å². The number of rotatable bonds is 3. The van der Waals surface area contributed by atoms with E-state index in [-0.39, 0.29) is 0 Å². The second-order valence-corrected chi connectivity index (χ2v) is 9.97. The third-order valence-electron chi connectivity index (χ3n) is 3.13. The zero-order chi connectivity index (χ0) is 21.9. The largest absolute Gasteiger partial charge is 0.292 e. The smallest absolute Gasteiger partial charge is 0.207 e. The Bertz CT molecular complexity index is 1080. The van der Waals surface area contributed by atoms with E-state index in [1.807, 2.05) is 0 Å². The fourth-order valence-electron chi connectivity index (χ4n) is 1.83. The quantitative estimate of drug-likeness (QED) is 0.304. The van der Waals surface area contributed by atoms with Crippen molar-refractivity contribution in [1.82, 2.24) is 0 Å². The third-order valence-corrected chi connectivity index (χ3v) is 8.16. The van der Waals surface area contributed by atoms with E-state index in [0.29, 0.717) is 0 Å². The standard InChI is InChI=1S/C12F10O4S2/c13-1-3(15)7(19)11(8(20)4(1)16)27(23,24)28(25,26)12-9(21)5(17)2(14)6(18)10(12)22. The molecule has 0 bridgehead atoms. The van der Waals surface area contributed by atoms with Crippen LogP contribution in [0.5, 0.6) is 0 Å². The van der Waals surface area contributed by atoms with Gasteiger partial charge in [-0.15, -0.1) is 0 Å². The zero-order valence-electron chi connectivity index (χ0n) is 12.2. The lowest BCUT2D eigenvalue weighted by Crippen LogP contribution is -2.24. The highest BCUT2D eigenvalue weighted by Crippen LogP contribution is 2.36. The van der Waals surface area contributed by atoms with Crippen LogP contribution in [0.25, 0.3) is 0 Å². The summed E-state index contributed by atoms with van der Waals surface area (Å²) in [6, 6.07) is 0. The lowest BCUT2D eigenvalue weighted by atomic mass is 10.3. The van der Waals surface area contributed by atoms with Crippen LogP contribution >= 0.6 is 0 Å². The molecule has 0 amide bonds. The zero-order valence-corrected chi connectivity index (χ0v) is 13.9. The monoisotopic (exact) mass is 462 g/mol. The molecule has 154 valence electrons. The molecule has 4 nitrogen and oxygen atoms in total. The van der Waals surface area contributed by atoms with E-state index < -0.39 is 85.7 Å². The number of halogens is 10. The predicted octanol–water partition coefficient (Wildman–Crippen LogP) is 3.24. The van der Waals surface area contributed by atoms with Crippen LogP contribution in [0.4, 0.5) is 43.9 Å². The summed E-state index contributed by atoms with van der Waals surface area (Å²) in [4.78, 5) is -6.15. The molecular weight excluding hydrogens is 462 g/mol. The van der Waals surface area contributed by atoms with E-state index >= 15 is 0 Å². The first kappa shape index (κ1) is 21.9.